The van der Waals surface area contributed by atoms with Crippen molar-refractivity contribution in [2.75, 3.05) is 0 Å². The number of hydrogen-bond donors (Lipinski definition) is 4. The van der Waals surface area contributed by atoms with Gasteiger partial charge in [0, 0.05) is 0 Å². The number of rotatable bonds is 12. The highest BCUT2D eigenvalue weighted by atomic mass is 16.5. The lowest BCUT2D eigenvalue weighted by Gasteiger charge is -2.20. The van der Waals surface area contributed by atoms with Crippen LogP contribution >= 0.6 is 0 Å². The van der Waals surface area contributed by atoms with Crippen LogP contribution in [0.25, 0.3) is 0 Å². The Morgan fingerprint density at radius 3 is 1.02 bits per heavy atom. The molecule has 0 bridgehead atoms. The van der Waals surface area contributed by atoms with E-state index in [1.165, 1.54) is 48.5 Å². The second-order valence-corrected chi connectivity index (χ2v) is 11.0. The number of benzene rings is 5. The van der Waals surface area contributed by atoms with Crippen molar-refractivity contribution in [1.29, 1.82) is 0 Å². The average Bonchev–Trinajstić information content (AvgIpc) is 3.07. The van der Waals surface area contributed by atoms with E-state index < -0.39 is 24.1 Å². The first-order valence-electron chi connectivity index (χ1n) is 14.9. The maximum atomic E-state index is 13.2. The summed E-state index contributed by atoms with van der Waals surface area (Å²) in [5.41, 5.74) is 3.89. The molecule has 5 aromatic carbocycles. The summed E-state index contributed by atoms with van der Waals surface area (Å²) in [5.74, 6) is -0.602. The van der Waals surface area contributed by atoms with Crippen LogP contribution in [0.15, 0.2) is 121 Å². The Morgan fingerprint density at radius 2 is 0.717 bits per heavy atom. The molecule has 0 saturated heterocycles. The minimum absolute atomic E-state index is 0.0999. The van der Waals surface area contributed by atoms with E-state index in [1.54, 1.807) is 48.5 Å². The first kappa shape index (κ1) is 31.7. The number of aryl methyl sites for hydroxylation is 2. The van der Waals surface area contributed by atoms with E-state index in [4.69, 9.17) is 9.47 Å². The molecule has 234 valence electrons. The summed E-state index contributed by atoms with van der Waals surface area (Å²) < 4.78 is 11.8. The van der Waals surface area contributed by atoms with E-state index in [9.17, 15) is 30.0 Å². The number of carbonyl (C=O) groups is 2. The fourth-order valence-corrected chi connectivity index (χ4v) is 5.02. The van der Waals surface area contributed by atoms with Crippen LogP contribution in [-0.4, -0.2) is 32.4 Å². The molecular formula is C38H34O8. The average molecular weight is 619 g/mol. The molecule has 0 aromatic heterocycles. The molecular weight excluding hydrogens is 584 g/mol. The largest absolute Gasteiger partial charge is 0.508 e. The number of carbonyl (C=O) groups excluding carboxylic acids is 2. The van der Waals surface area contributed by atoms with Crippen LogP contribution in [0, 0.1) is 0 Å². The van der Waals surface area contributed by atoms with E-state index in [0.717, 1.165) is 22.3 Å². The molecule has 8 nitrogen and oxygen atoms in total. The molecule has 0 amide bonds. The summed E-state index contributed by atoms with van der Waals surface area (Å²) in [6.07, 6.45) is 0.887. The second-order valence-electron chi connectivity index (χ2n) is 11.0. The molecule has 0 heterocycles. The van der Waals surface area contributed by atoms with Gasteiger partial charge >= 0.3 is 11.9 Å². The molecule has 5 aromatic rings. The van der Waals surface area contributed by atoms with Crippen molar-refractivity contribution < 1.29 is 39.5 Å². The lowest BCUT2D eigenvalue weighted by atomic mass is 10.0. The third-order valence-electron chi connectivity index (χ3n) is 7.65. The van der Waals surface area contributed by atoms with Crippen LogP contribution in [0.2, 0.25) is 0 Å². The summed E-state index contributed by atoms with van der Waals surface area (Å²) in [4.78, 5) is 26.4. The fraction of sp³-hybridized carbons (Fsp3) is 0.158. The standard InChI is InChI=1S/C38H34O8/c39-31-15-1-25(2-16-31)5-23-35(27-11-19-33(41)20-12-27)45-37(43)29-7-9-30(10-8-29)38(44)46-36(28-13-21-34(42)22-14-28)24-6-26-3-17-32(40)18-4-26/h1-4,7-22,35-36,39-42H,5-6,23-24H2. The lowest BCUT2D eigenvalue weighted by molar-refractivity contribution is 0.0263. The number of phenols is 4. The van der Waals surface area contributed by atoms with Crippen LogP contribution in [-0.2, 0) is 22.3 Å². The van der Waals surface area contributed by atoms with Gasteiger partial charge in [-0.15, -0.1) is 0 Å². The molecule has 0 spiro atoms. The molecule has 0 aliphatic carbocycles. The van der Waals surface area contributed by atoms with Crippen LogP contribution in [0.1, 0.15) is 68.0 Å². The molecule has 5 rings (SSSR count). The lowest BCUT2D eigenvalue weighted by Crippen LogP contribution is -2.14. The number of phenolic OH excluding ortho intramolecular Hbond substituents is 4. The third-order valence-corrected chi connectivity index (χ3v) is 7.65. The Hall–Kier alpha value is -5.76. The van der Waals surface area contributed by atoms with Crippen molar-refractivity contribution in [1.82, 2.24) is 0 Å². The van der Waals surface area contributed by atoms with Gasteiger partial charge in [0.2, 0.25) is 0 Å². The van der Waals surface area contributed by atoms with Crippen molar-refractivity contribution in [3.8, 4) is 23.0 Å². The van der Waals surface area contributed by atoms with Gasteiger partial charge in [-0.25, -0.2) is 9.59 Å². The number of ether oxygens (including phenoxy) is 2. The zero-order valence-electron chi connectivity index (χ0n) is 25.0. The van der Waals surface area contributed by atoms with E-state index in [2.05, 4.69) is 0 Å². The molecule has 4 N–H and O–H groups in total. The van der Waals surface area contributed by atoms with Crippen molar-refractivity contribution in [2.45, 2.75) is 37.9 Å². The monoisotopic (exact) mass is 618 g/mol. The number of hydrogen-bond acceptors (Lipinski definition) is 8. The Balaban J connectivity index is 1.26. The van der Waals surface area contributed by atoms with E-state index in [1.807, 2.05) is 24.3 Å². The zero-order valence-corrected chi connectivity index (χ0v) is 25.0. The molecule has 0 aliphatic rings. The maximum absolute atomic E-state index is 13.2. The normalized spacial score (nSPS) is 12.2. The number of esters is 2. The smallest absolute Gasteiger partial charge is 0.338 e. The molecule has 8 heteroatoms. The number of aromatic hydroxyl groups is 4. The Morgan fingerprint density at radius 1 is 0.435 bits per heavy atom. The van der Waals surface area contributed by atoms with Gasteiger partial charge < -0.3 is 29.9 Å². The van der Waals surface area contributed by atoms with Crippen LogP contribution in [0.5, 0.6) is 23.0 Å². The van der Waals surface area contributed by atoms with Gasteiger partial charge in [0.15, 0.2) is 0 Å². The summed E-state index contributed by atoms with van der Waals surface area (Å²) in [6.45, 7) is 0. The summed E-state index contributed by atoms with van der Waals surface area (Å²) >= 11 is 0. The molecule has 2 atom stereocenters. The summed E-state index contributed by atoms with van der Waals surface area (Å²) in [7, 11) is 0. The van der Waals surface area contributed by atoms with Crippen molar-refractivity contribution in [3.63, 3.8) is 0 Å². The molecule has 0 saturated carbocycles. The molecule has 46 heavy (non-hydrogen) atoms. The summed E-state index contributed by atoms with van der Waals surface area (Å²) in [5, 5.41) is 38.6. The van der Waals surface area contributed by atoms with Crippen molar-refractivity contribution in [3.05, 3.63) is 155 Å². The maximum Gasteiger partial charge on any atom is 0.338 e. The van der Waals surface area contributed by atoms with Crippen LogP contribution in [0.4, 0.5) is 0 Å². The SMILES string of the molecule is O=C(OC(CCc1ccc(O)cc1)c1ccc(O)cc1)c1ccc(C(=O)OC(CCc2ccc(O)cc2)c2ccc(O)cc2)cc1. The third kappa shape index (κ3) is 8.66. The minimum atomic E-state index is -0.605. The summed E-state index contributed by atoms with van der Waals surface area (Å²) in [6, 6.07) is 32.7. The predicted octanol–water partition coefficient (Wildman–Crippen LogP) is 7.57. The molecule has 0 aliphatic heterocycles. The molecule has 0 fully saturated rings. The van der Waals surface area contributed by atoms with Gasteiger partial charge in [-0.2, -0.15) is 0 Å². The first-order chi connectivity index (χ1) is 22.2. The fourth-order valence-electron chi connectivity index (χ4n) is 5.02. The van der Waals surface area contributed by atoms with Gasteiger partial charge in [0.05, 0.1) is 11.1 Å². The van der Waals surface area contributed by atoms with E-state index in [0.29, 0.717) is 25.7 Å². The minimum Gasteiger partial charge on any atom is -0.508 e. The van der Waals surface area contributed by atoms with Gasteiger partial charge in [-0.1, -0.05) is 48.5 Å². The van der Waals surface area contributed by atoms with E-state index >= 15 is 0 Å². The topological polar surface area (TPSA) is 134 Å². The quantitative estimate of drug-likeness (QED) is 0.105. The highest BCUT2D eigenvalue weighted by Crippen LogP contribution is 2.29. The van der Waals surface area contributed by atoms with Gasteiger partial charge in [-0.3, -0.25) is 0 Å². The highest BCUT2D eigenvalue weighted by Gasteiger charge is 2.21. The van der Waals surface area contributed by atoms with E-state index in [-0.39, 0.29) is 34.1 Å². The Bertz CT molecular complexity index is 1600. The highest BCUT2D eigenvalue weighted by molar-refractivity contribution is 5.93. The van der Waals surface area contributed by atoms with Crippen molar-refractivity contribution in [2.24, 2.45) is 0 Å². The van der Waals surface area contributed by atoms with Gasteiger partial charge in [-0.05, 0) is 121 Å². The molecule has 0 radical (unpaired) electrons. The molecule has 2 unspecified atom stereocenters. The zero-order chi connectivity index (χ0) is 32.5. The second kappa shape index (κ2) is 14.8. The first-order valence-corrected chi connectivity index (χ1v) is 14.9. The van der Waals surface area contributed by atoms with Crippen molar-refractivity contribution >= 4 is 11.9 Å². The van der Waals surface area contributed by atoms with Crippen LogP contribution < -0.4 is 0 Å². The predicted molar refractivity (Wildman–Crippen MR) is 172 cm³/mol. The van der Waals surface area contributed by atoms with Gasteiger partial charge in [0.25, 0.3) is 0 Å². The Labute approximate surface area is 266 Å². The van der Waals surface area contributed by atoms with Gasteiger partial charge in [0.1, 0.15) is 35.2 Å². The Kier molecular flexibility index (Phi) is 10.2. The van der Waals surface area contributed by atoms with Crippen LogP contribution in [0.3, 0.4) is 0 Å².